The van der Waals surface area contributed by atoms with Crippen LogP contribution in [0.25, 0.3) is 0 Å². The number of carbonyl (C=O) groups excluding carboxylic acids is 1. The number of piperidine rings is 1. The average Bonchev–Trinajstić information content (AvgIpc) is 2.61. The first kappa shape index (κ1) is 18.0. The van der Waals surface area contributed by atoms with Gasteiger partial charge in [-0.25, -0.2) is 8.42 Å². The lowest BCUT2D eigenvalue weighted by molar-refractivity contribution is -0.135. The van der Waals surface area contributed by atoms with E-state index in [0.717, 1.165) is 5.69 Å². The highest BCUT2D eigenvalue weighted by Crippen LogP contribution is 2.31. The van der Waals surface area contributed by atoms with Crippen molar-refractivity contribution in [2.24, 2.45) is 0 Å². The summed E-state index contributed by atoms with van der Waals surface area (Å²) in [5.74, 6) is -0.0274. The highest BCUT2D eigenvalue weighted by Gasteiger charge is 2.50. The van der Waals surface area contributed by atoms with Gasteiger partial charge in [-0.1, -0.05) is 0 Å². The van der Waals surface area contributed by atoms with Crippen molar-refractivity contribution in [1.29, 1.82) is 0 Å². The molecule has 25 heavy (non-hydrogen) atoms. The standard InChI is InChI=1S/C17H25N3O4S/c1-25(23,24)17(6-8-18-9-7-17)16(22)20-12-10-19(11-13-20)14-2-4-15(21)5-3-14/h2-5,18,21H,6-13H2,1H3. The van der Waals surface area contributed by atoms with Gasteiger partial charge >= 0.3 is 0 Å². The Hall–Kier alpha value is -1.80. The molecule has 1 amide bonds. The van der Waals surface area contributed by atoms with Crippen molar-refractivity contribution < 1.29 is 18.3 Å². The van der Waals surface area contributed by atoms with Gasteiger partial charge in [0.25, 0.3) is 0 Å². The zero-order chi connectivity index (χ0) is 18.1. The van der Waals surface area contributed by atoms with Gasteiger partial charge in [0.05, 0.1) is 0 Å². The Morgan fingerprint density at radius 2 is 1.64 bits per heavy atom. The summed E-state index contributed by atoms with van der Waals surface area (Å²) in [6.45, 7) is 3.40. The molecule has 0 radical (unpaired) electrons. The molecule has 0 aromatic heterocycles. The van der Waals surface area contributed by atoms with Crippen LogP contribution in [0.2, 0.25) is 0 Å². The van der Waals surface area contributed by atoms with Gasteiger partial charge in [-0.2, -0.15) is 0 Å². The number of carbonyl (C=O) groups is 1. The third kappa shape index (κ3) is 3.46. The maximum atomic E-state index is 13.1. The molecule has 1 aromatic rings. The molecule has 2 aliphatic rings. The van der Waals surface area contributed by atoms with Crippen molar-refractivity contribution in [3.05, 3.63) is 24.3 Å². The molecule has 3 rings (SSSR count). The summed E-state index contributed by atoms with van der Waals surface area (Å²) in [4.78, 5) is 16.9. The molecule has 0 atom stereocenters. The fourth-order valence-corrected chi connectivity index (χ4v) is 5.09. The number of phenols is 1. The summed E-state index contributed by atoms with van der Waals surface area (Å²) in [7, 11) is -3.48. The van der Waals surface area contributed by atoms with E-state index < -0.39 is 14.6 Å². The highest BCUT2D eigenvalue weighted by molar-refractivity contribution is 7.92. The number of nitrogens with zero attached hydrogens (tertiary/aromatic N) is 2. The van der Waals surface area contributed by atoms with Crippen molar-refractivity contribution in [1.82, 2.24) is 10.2 Å². The van der Waals surface area contributed by atoms with Crippen LogP contribution in [0, 0.1) is 0 Å². The first-order chi connectivity index (χ1) is 11.8. The van der Waals surface area contributed by atoms with E-state index in [9.17, 15) is 18.3 Å². The summed E-state index contributed by atoms with van der Waals surface area (Å²) in [6.07, 6.45) is 1.86. The Morgan fingerprint density at radius 1 is 1.08 bits per heavy atom. The molecule has 0 aliphatic carbocycles. The van der Waals surface area contributed by atoms with Crippen molar-refractivity contribution in [3.63, 3.8) is 0 Å². The first-order valence-electron chi connectivity index (χ1n) is 8.57. The Labute approximate surface area is 148 Å². The molecule has 1 aromatic carbocycles. The Kier molecular flexibility index (Phi) is 4.92. The third-order valence-corrected chi connectivity index (χ3v) is 7.29. The van der Waals surface area contributed by atoms with Gasteiger partial charge in [0.2, 0.25) is 5.91 Å². The lowest BCUT2D eigenvalue weighted by Gasteiger charge is -2.42. The maximum absolute atomic E-state index is 13.1. The quantitative estimate of drug-likeness (QED) is 0.794. The number of anilines is 1. The third-order valence-electron chi connectivity index (χ3n) is 5.29. The van der Waals surface area contributed by atoms with E-state index in [4.69, 9.17) is 0 Å². The SMILES string of the molecule is CS(=O)(=O)C1(C(=O)N2CCN(c3ccc(O)cc3)CC2)CCNCC1. The second-order valence-electron chi connectivity index (χ2n) is 6.81. The summed E-state index contributed by atoms with van der Waals surface area (Å²) in [5.41, 5.74) is 0.990. The fraction of sp³-hybridized carbons (Fsp3) is 0.588. The minimum atomic E-state index is -3.48. The van der Waals surface area contributed by atoms with Gasteiger partial charge in [0.1, 0.15) is 5.75 Å². The number of amides is 1. The second-order valence-corrected chi connectivity index (χ2v) is 9.14. The predicted molar refractivity (Wildman–Crippen MR) is 96.6 cm³/mol. The Bertz CT molecular complexity index is 719. The minimum absolute atomic E-state index is 0.221. The van der Waals surface area contributed by atoms with Gasteiger partial charge in [-0.3, -0.25) is 4.79 Å². The van der Waals surface area contributed by atoms with Gasteiger partial charge in [0.15, 0.2) is 14.6 Å². The van der Waals surface area contributed by atoms with Crippen LogP contribution < -0.4 is 10.2 Å². The smallest absolute Gasteiger partial charge is 0.244 e. The van der Waals surface area contributed by atoms with Crippen molar-refractivity contribution in [2.45, 2.75) is 17.6 Å². The number of piperazine rings is 1. The number of phenolic OH excluding ortho intramolecular Hbond substituents is 1. The minimum Gasteiger partial charge on any atom is -0.508 e. The van der Waals surface area contributed by atoms with E-state index in [0.29, 0.717) is 52.1 Å². The second kappa shape index (κ2) is 6.84. The number of nitrogens with one attached hydrogen (secondary N) is 1. The van der Waals surface area contributed by atoms with Crippen LogP contribution in [0.1, 0.15) is 12.8 Å². The van der Waals surface area contributed by atoms with Crippen molar-refractivity contribution in [3.8, 4) is 5.75 Å². The molecule has 0 spiro atoms. The zero-order valence-electron chi connectivity index (χ0n) is 14.4. The monoisotopic (exact) mass is 367 g/mol. The highest BCUT2D eigenvalue weighted by atomic mass is 32.2. The Morgan fingerprint density at radius 3 is 2.16 bits per heavy atom. The largest absolute Gasteiger partial charge is 0.508 e. The Balaban J connectivity index is 1.71. The number of benzene rings is 1. The van der Waals surface area contributed by atoms with Crippen molar-refractivity contribution >= 4 is 21.4 Å². The van der Waals surface area contributed by atoms with Gasteiger partial charge in [0, 0.05) is 38.1 Å². The van der Waals surface area contributed by atoms with Gasteiger partial charge in [-0.15, -0.1) is 0 Å². The van der Waals surface area contributed by atoms with Crippen LogP contribution in [0.5, 0.6) is 5.75 Å². The van der Waals surface area contributed by atoms with E-state index in [1.165, 1.54) is 6.26 Å². The van der Waals surface area contributed by atoms with Crippen LogP contribution in [0.3, 0.4) is 0 Å². The molecule has 2 aliphatic heterocycles. The van der Waals surface area contributed by atoms with Crippen molar-refractivity contribution in [2.75, 3.05) is 50.4 Å². The van der Waals surface area contributed by atoms with Gasteiger partial charge in [-0.05, 0) is 50.2 Å². The van der Waals surface area contributed by atoms with E-state index >= 15 is 0 Å². The molecule has 2 saturated heterocycles. The van der Waals surface area contributed by atoms with E-state index in [2.05, 4.69) is 10.2 Å². The van der Waals surface area contributed by atoms with E-state index in [1.54, 1.807) is 17.0 Å². The molecular weight excluding hydrogens is 342 g/mol. The average molecular weight is 367 g/mol. The molecule has 2 fully saturated rings. The molecule has 138 valence electrons. The van der Waals surface area contributed by atoms with Crippen LogP contribution in [-0.4, -0.2) is 74.6 Å². The molecule has 0 saturated carbocycles. The maximum Gasteiger partial charge on any atom is 0.244 e. The molecular formula is C17H25N3O4S. The summed E-state index contributed by atoms with van der Waals surface area (Å²) in [5, 5.41) is 12.5. The summed E-state index contributed by atoms with van der Waals surface area (Å²) in [6, 6.07) is 6.97. The zero-order valence-corrected chi connectivity index (χ0v) is 15.3. The lowest BCUT2D eigenvalue weighted by Crippen LogP contribution is -2.61. The normalized spacial score (nSPS) is 21.2. The fourth-order valence-electron chi connectivity index (χ4n) is 3.69. The lowest BCUT2D eigenvalue weighted by atomic mass is 9.94. The predicted octanol–water partition coefficient (Wildman–Crippen LogP) is 0.208. The summed E-state index contributed by atoms with van der Waals surface area (Å²) >= 11 is 0. The van der Waals surface area contributed by atoms with Gasteiger partial charge < -0.3 is 20.2 Å². The van der Waals surface area contributed by atoms with Crippen LogP contribution in [-0.2, 0) is 14.6 Å². The molecule has 8 heteroatoms. The number of sulfone groups is 1. The molecule has 2 N–H and O–H groups in total. The van der Waals surface area contributed by atoms with E-state index in [1.807, 2.05) is 12.1 Å². The van der Waals surface area contributed by atoms with Crippen LogP contribution in [0.15, 0.2) is 24.3 Å². The topological polar surface area (TPSA) is 90.0 Å². The first-order valence-corrected chi connectivity index (χ1v) is 10.5. The molecule has 7 nitrogen and oxygen atoms in total. The number of hydrogen-bond acceptors (Lipinski definition) is 6. The summed E-state index contributed by atoms with van der Waals surface area (Å²) < 4.78 is 23.5. The molecule has 0 bridgehead atoms. The number of hydrogen-bond donors (Lipinski definition) is 2. The van der Waals surface area contributed by atoms with Crippen LogP contribution in [0.4, 0.5) is 5.69 Å². The number of rotatable bonds is 3. The molecule has 2 heterocycles. The van der Waals surface area contributed by atoms with E-state index in [-0.39, 0.29) is 11.7 Å². The number of aromatic hydroxyl groups is 1. The molecule has 0 unspecified atom stereocenters. The van der Waals surface area contributed by atoms with Crippen LogP contribution >= 0.6 is 0 Å².